The van der Waals surface area contributed by atoms with Crippen molar-refractivity contribution >= 4 is 17.8 Å². The number of benzene rings is 1. The van der Waals surface area contributed by atoms with Crippen LogP contribution in [0, 0.1) is 0 Å². The molecule has 2 aromatic rings. The molecule has 1 aromatic carbocycles. The number of amides is 3. The highest BCUT2D eigenvalue weighted by atomic mass is 16.2. The van der Waals surface area contributed by atoms with Crippen molar-refractivity contribution in [1.82, 2.24) is 9.88 Å². The van der Waals surface area contributed by atoms with Gasteiger partial charge in [-0.05, 0) is 30.5 Å². The summed E-state index contributed by atoms with van der Waals surface area (Å²) in [7, 11) is 1.72. The van der Waals surface area contributed by atoms with Crippen molar-refractivity contribution in [2.45, 2.75) is 12.8 Å². The summed E-state index contributed by atoms with van der Waals surface area (Å²) in [6.07, 6.45) is 1.77. The van der Waals surface area contributed by atoms with Gasteiger partial charge in [-0.1, -0.05) is 36.4 Å². The lowest BCUT2D eigenvalue weighted by atomic mass is 10.1. The minimum Gasteiger partial charge on any atom is -0.364 e. The van der Waals surface area contributed by atoms with E-state index in [1.807, 2.05) is 18.2 Å². The number of anilines is 1. The van der Waals surface area contributed by atoms with Gasteiger partial charge in [0.1, 0.15) is 11.5 Å². The van der Waals surface area contributed by atoms with Gasteiger partial charge in [0.15, 0.2) is 0 Å². The fourth-order valence-corrected chi connectivity index (χ4v) is 2.11. The van der Waals surface area contributed by atoms with Gasteiger partial charge in [0, 0.05) is 13.6 Å². The Morgan fingerprint density at radius 1 is 1.13 bits per heavy atom. The first kappa shape index (κ1) is 16.5. The maximum absolute atomic E-state index is 12.1. The number of nitrogens with zero attached hydrogens (tertiary/aromatic N) is 2. The van der Waals surface area contributed by atoms with Crippen LogP contribution in [0.3, 0.4) is 0 Å². The Bertz CT molecular complexity index is 673. The largest absolute Gasteiger partial charge is 0.364 e. The van der Waals surface area contributed by atoms with Crippen LogP contribution >= 0.6 is 0 Å². The predicted molar refractivity (Wildman–Crippen MR) is 89.2 cm³/mol. The van der Waals surface area contributed by atoms with Crippen molar-refractivity contribution < 1.29 is 9.59 Å². The molecule has 0 bridgehead atoms. The van der Waals surface area contributed by atoms with Crippen LogP contribution in [0.5, 0.6) is 0 Å². The zero-order valence-electron chi connectivity index (χ0n) is 13.0. The highest BCUT2D eigenvalue weighted by molar-refractivity contribution is 5.92. The summed E-state index contributed by atoms with van der Waals surface area (Å²) in [4.78, 5) is 28.8. The molecule has 0 aliphatic carbocycles. The maximum Gasteiger partial charge on any atom is 0.322 e. The third kappa shape index (κ3) is 5.10. The molecular weight excluding hydrogens is 292 g/mol. The van der Waals surface area contributed by atoms with E-state index >= 15 is 0 Å². The molecule has 0 spiro atoms. The summed E-state index contributed by atoms with van der Waals surface area (Å²) < 4.78 is 0. The number of carbonyl (C=O) groups excluding carboxylic acids is 2. The van der Waals surface area contributed by atoms with Crippen LogP contribution in [0.1, 0.15) is 22.5 Å². The summed E-state index contributed by atoms with van der Waals surface area (Å²) in [5.74, 6) is -0.321. The second-order valence-corrected chi connectivity index (χ2v) is 5.21. The Balaban J connectivity index is 1.83. The number of rotatable bonds is 6. The monoisotopic (exact) mass is 312 g/mol. The number of hydrogen-bond donors (Lipinski definition) is 2. The number of carbonyl (C=O) groups is 2. The fraction of sp³-hybridized carbons (Fsp3) is 0.235. The number of primary amides is 1. The third-order valence-electron chi connectivity index (χ3n) is 3.39. The van der Waals surface area contributed by atoms with E-state index in [4.69, 9.17) is 5.73 Å². The number of nitrogens with one attached hydrogen (secondary N) is 1. The van der Waals surface area contributed by atoms with Crippen LogP contribution in [-0.4, -0.2) is 35.4 Å². The molecule has 0 aliphatic heterocycles. The second kappa shape index (κ2) is 7.93. The van der Waals surface area contributed by atoms with Crippen LogP contribution in [-0.2, 0) is 6.42 Å². The topological polar surface area (TPSA) is 88.3 Å². The van der Waals surface area contributed by atoms with E-state index in [1.165, 1.54) is 11.6 Å². The van der Waals surface area contributed by atoms with E-state index in [0.29, 0.717) is 12.4 Å². The number of aromatic nitrogens is 1. The minimum absolute atomic E-state index is 0.120. The van der Waals surface area contributed by atoms with Gasteiger partial charge in [0.25, 0.3) is 5.91 Å². The SMILES string of the molecule is CN(CCCc1ccccc1)C(=O)Nc1cccc(C(N)=O)n1. The molecule has 0 fully saturated rings. The molecule has 1 heterocycles. The van der Waals surface area contributed by atoms with Gasteiger partial charge in [-0.25, -0.2) is 9.78 Å². The first-order valence-corrected chi connectivity index (χ1v) is 7.39. The van der Waals surface area contributed by atoms with Gasteiger partial charge < -0.3 is 10.6 Å². The first-order valence-electron chi connectivity index (χ1n) is 7.39. The minimum atomic E-state index is -0.627. The predicted octanol–water partition coefficient (Wildman–Crippen LogP) is 2.28. The molecule has 1 aromatic heterocycles. The summed E-state index contributed by atoms with van der Waals surface area (Å²) >= 11 is 0. The molecule has 23 heavy (non-hydrogen) atoms. The number of nitrogens with two attached hydrogens (primary N) is 1. The van der Waals surface area contributed by atoms with E-state index in [0.717, 1.165) is 12.8 Å². The van der Waals surface area contributed by atoms with Crippen LogP contribution in [0.25, 0.3) is 0 Å². The second-order valence-electron chi connectivity index (χ2n) is 5.21. The first-order chi connectivity index (χ1) is 11.1. The number of pyridine rings is 1. The van der Waals surface area contributed by atoms with Crippen LogP contribution in [0.4, 0.5) is 10.6 Å². The highest BCUT2D eigenvalue weighted by Crippen LogP contribution is 2.07. The van der Waals surface area contributed by atoms with Crippen LogP contribution < -0.4 is 11.1 Å². The molecule has 3 N–H and O–H groups in total. The average molecular weight is 312 g/mol. The Labute approximate surface area is 135 Å². The van der Waals surface area contributed by atoms with Crippen LogP contribution in [0.15, 0.2) is 48.5 Å². The van der Waals surface area contributed by atoms with Crippen molar-refractivity contribution in [2.75, 3.05) is 18.9 Å². The van der Waals surface area contributed by atoms with Gasteiger partial charge in [0.2, 0.25) is 0 Å². The van der Waals surface area contributed by atoms with E-state index in [1.54, 1.807) is 24.1 Å². The highest BCUT2D eigenvalue weighted by Gasteiger charge is 2.10. The normalized spacial score (nSPS) is 10.1. The summed E-state index contributed by atoms with van der Waals surface area (Å²) in [6, 6.07) is 14.6. The van der Waals surface area contributed by atoms with Gasteiger partial charge in [-0.2, -0.15) is 0 Å². The zero-order valence-corrected chi connectivity index (χ0v) is 13.0. The van der Waals surface area contributed by atoms with E-state index in [-0.39, 0.29) is 11.7 Å². The number of urea groups is 1. The van der Waals surface area contributed by atoms with Gasteiger partial charge in [0.05, 0.1) is 0 Å². The maximum atomic E-state index is 12.1. The number of aryl methyl sites for hydroxylation is 1. The molecule has 0 aliphatic rings. The summed E-state index contributed by atoms with van der Waals surface area (Å²) in [5.41, 5.74) is 6.54. The zero-order chi connectivity index (χ0) is 16.7. The molecule has 120 valence electrons. The standard InChI is InChI=1S/C17H20N4O2/c1-21(12-6-9-13-7-3-2-4-8-13)17(23)20-15-11-5-10-14(19-15)16(18)22/h2-5,7-8,10-11H,6,9,12H2,1H3,(H2,18,22)(H,19,20,23). The smallest absolute Gasteiger partial charge is 0.322 e. The molecule has 0 saturated heterocycles. The lowest BCUT2D eigenvalue weighted by molar-refractivity contribution is 0.0995. The molecule has 3 amide bonds. The van der Waals surface area contributed by atoms with E-state index < -0.39 is 5.91 Å². The van der Waals surface area contributed by atoms with Crippen molar-refractivity contribution in [1.29, 1.82) is 0 Å². The van der Waals surface area contributed by atoms with Gasteiger partial charge >= 0.3 is 6.03 Å². The fourth-order valence-electron chi connectivity index (χ4n) is 2.11. The Kier molecular flexibility index (Phi) is 5.68. The Morgan fingerprint density at radius 3 is 2.57 bits per heavy atom. The third-order valence-corrected chi connectivity index (χ3v) is 3.39. The molecule has 2 rings (SSSR count). The summed E-state index contributed by atoms with van der Waals surface area (Å²) in [5, 5.41) is 2.65. The molecule has 0 saturated carbocycles. The Hall–Kier alpha value is -2.89. The quantitative estimate of drug-likeness (QED) is 0.857. The van der Waals surface area contributed by atoms with E-state index in [2.05, 4.69) is 22.4 Å². The lowest BCUT2D eigenvalue weighted by Crippen LogP contribution is -2.32. The average Bonchev–Trinajstić information content (AvgIpc) is 2.56. The molecular formula is C17H20N4O2. The van der Waals surface area contributed by atoms with Gasteiger partial charge in [-0.3, -0.25) is 10.1 Å². The van der Waals surface area contributed by atoms with E-state index in [9.17, 15) is 9.59 Å². The van der Waals surface area contributed by atoms with Crippen molar-refractivity contribution in [3.63, 3.8) is 0 Å². The van der Waals surface area contributed by atoms with Crippen molar-refractivity contribution in [3.05, 3.63) is 59.8 Å². The van der Waals surface area contributed by atoms with Crippen molar-refractivity contribution in [2.24, 2.45) is 5.73 Å². The molecule has 6 nitrogen and oxygen atoms in total. The Morgan fingerprint density at radius 2 is 1.87 bits per heavy atom. The van der Waals surface area contributed by atoms with Crippen molar-refractivity contribution in [3.8, 4) is 0 Å². The molecule has 0 radical (unpaired) electrons. The molecule has 6 heteroatoms. The molecule has 0 atom stereocenters. The number of hydrogen-bond acceptors (Lipinski definition) is 3. The van der Waals surface area contributed by atoms with Crippen LogP contribution in [0.2, 0.25) is 0 Å². The lowest BCUT2D eigenvalue weighted by Gasteiger charge is -2.17. The molecule has 0 unspecified atom stereocenters. The van der Waals surface area contributed by atoms with Gasteiger partial charge in [-0.15, -0.1) is 0 Å². The summed E-state index contributed by atoms with van der Waals surface area (Å²) in [6.45, 7) is 0.621.